The number of methoxy groups -OCH3 is 1. The lowest BCUT2D eigenvalue weighted by atomic mass is 10.2. The van der Waals surface area contributed by atoms with Gasteiger partial charge in [-0.3, -0.25) is 9.59 Å². The fourth-order valence-electron chi connectivity index (χ4n) is 2.62. The summed E-state index contributed by atoms with van der Waals surface area (Å²) in [5.41, 5.74) is 1.44. The molecule has 140 valence electrons. The van der Waals surface area contributed by atoms with Crippen LogP contribution >= 0.6 is 11.3 Å². The lowest BCUT2D eigenvalue weighted by molar-refractivity contribution is 0.0793. The number of para-hydroxylation sites is 1. The van der Waals surface area contributed by atoms with E-state index in [1.165, 1.54) is 11.3 Å². The number of benzene rings is 2. The van der Waals surface area contributed by atoms with Crippen LogP contribution in [0.2, 0.25) is 0 Å². The topological polar surface area (TPSA) is 71.5 Å². The second-order valence-corrected chi connectivity index (χ2v) is 7.08. The van der Waals surface area contributed by atoms with Gasteiger partial charge in [0.05, 0.1) is 17.3 Å². The Kier molecular flexibility index (Phi) is 6.03. The van der Waals surface area contributed by atoms with E-state index < -0.39 is 0 Å². The summed E-state index contributed by atoms with van der Waals surface area (Å²) in [5, 5.41) is 3.32. The normalized spacial score (nSPS) is 10.6. The Labute approximate surface area is 161 Å². The van der Waals surface area contributed by atoms with Crippen LogP contribution in [0.25, 0.3) is 10.2 Å². The van der Waals surface area contributed by atoms with Gasteiger partial charge in [-0.25, -0.2) is 4.98 Å². The maximum atomic E-state index is 12.4. The van der Waals surface area contributed by atoms with Crippen molar-refractivity contribution in [3.05, 3.63) is 59.1 Å². The van der Waals surface area contributed by atoms with E-state index in [0.717, 1.165) is 10.2 Å². The molecule has 3 aromatic rings. The van der Waals surface area contributed by atoms with Crippen LogP contribution in [0.5, 0.6) is 5.75 Å². The van der Waals surface area contributed by atoms with E-state index in [-0.39, 0.29) is 11.8 Å². The first-order chi connectivity index (χ1) is 13.1. The minimum absolute atomic E-state index is 0.0600. The molecule has 0 fully saturated rings. The van der Waals surface area contributed by atoms with Gasteiger partial charge >= 0.3 is 0 Å². The highest BCUT2D eigenvalue weighted by Crippen LogP contribution is 2.21. The van der Waals surface area contributed by atoms with Crippen LogP contribution in [-0.4, -0.2) is 48.9 Å². The highest BCUT2D eigenvalue weighted by atomic mass is 32.1. The van der Waals surface area contributed by atoms with Crippen molar-refractivity contribution in [2.75, 3.05) is 27.2 Å². The number of hydrogen-bond acceptors (Lipinski definition) is 5. The van der Waals surface area contributed by atoms with Crippen LogP contribution in [0.3, 0.4) is 0 Å². The summed E-state index contributed by atoms with van der Waals surface area (Å²) in [6.45, 7) is 1.03. The summed E-state index contributed by atoms with van der Waals surface area (Å²) in [6, 6.07) is 14.7. The zero-order valence-electron chi connectivity index (χ0n) is 15.3. The number of nitrogens with zero attached hydrogens (tertiary/aromatic N) is 2. The zero-order chi connectivity index (χ0) is 19.2. The highest BCUT2D eigenvalue weighted by molar-refractivity contribution is 7.20. The molecule has 1 N–H and O–H groups in total. The highest BCUT2D eigenvalue weighted by Gasteiger charge is 2.13. The quantitative estimate of drug-likeness (QED) is 0.636. The Morgan fingerprint density at radius 1 is 1.15 bits per heavy atom. The van der Waals surface area contributed by atoms with Crippen LogP contribution in [0.15, 0.2) is 48.5 Å². The van der Waals surface area contributed by atoms with E-state index in [1.807, 2.05) is 24.3 Å². The van der Waals surface area contributed by atoms with Crippen molar-refractivity contribution in [3.8, 4) is 5.75 Å². The van der Waals surface area contributed by atoms with Gasteiger partial charge < -0.3 is 15.0 Å². The van der Waals surface area contributed by atoms with E-state index >= 15 is 0 Å². The molecule has 3 rings (SSSR count). The van der Waals surface area contributed by atoms with Gasteiger partial charge in [-0.05, 0) is 42.8 Å². The van der Waals surface area contributed by atoms with Crippen LogP contribution in [0.1, 0.15) is 26.6 Å². The molecule has 0 radical (unpaired) electrons. The monoisotopic (exact) mass is 383 g/mol. The summed E-state index contributed by atoms with van der Waals surface area (Å²) in [6.07, 6.45) is 0.662. The summed E-state index contributed by atoms with van der Waals surface area (Å²) in [5.74, 6) is 0.474. The van der Waals surface area contributed by atoms with Crippen molar-refractivity contribution in [2.45, 2.75) is 6.42 Å². The van der Waals surface area contributed by atoms with E-state index in [2.05, 4.69) is 10.3 Å². The predicted octanol–water partition coefficient (Wildman–Crippen LogP) is 3.20. The molecule has 7 heteroatoms. The van der Waals surface area contributed by atoms with Crippen molar-refractivity contribution in [1.82, 2.24) is 15.2 Å². The number of aromatic nitrogens is 1. The molecule has 0 bridgehead atoms. The Hall–Kier alpha value is -2.93. The van der Waals surface area contributed by atoms with Gasteiger partial charge in [-0.2, -0.15) is 0 Å². The molecule has 1 aromatic heterocycles. The van der Waals surface area contributed by atoms with Gasteiger partial charge in [0.2, 0.25) is 0 Å². The Bertz CT molecular complexity index is 904. The maximum absolute atomic E-state index is 12.4. The molecule has 0 aliphatic rings. The molecular weight excluding hydrogens is 362 g/mol. The molecule has 0 saturated carbocycles. The number of carbonyl (C=O) groups is 2. The number of rotatable bonds is 7. The lowest BCUT2D eigenvalue weighted by Gasteiger charge is -2.17. The molecule has 2 amide bonds. The first-order valence-electron chi connectivity index (χ1n) is 8.62. The van der Waals surface area contributed by atoms with Crippen molar-refractivity contribution in [1.29, 1.82) is 0 Å². The van der Waals surface area contributed by atoms with Crippen molar-refractivity contribution >= 4 is 33.4 Å². The van der Waals surface area contributed by atoms with E-state index in [9.17, 15) is 9.59 Å². The summed E-state index contributed by atoms with van der Waals surface area (Å²) >= 11 is 1.38. The number of hydrogen-bond donors (Lipinski definition) is 1. The first-order valence-corrected chi connectivity index (χ1v) is 9.43. The molecule has 0 aliphatic heterocycles. The largest absolute Gasteiger partial charge is 0.497 e. The third kappa shape index (κ3) is 4.62. The zero-order valence-corrected chi connectivity index (χ0v) is 16.1. The van der Waals surface area contributed by atoms with Crippen LogP contribution in [0.4, 0.5) is 0 Å². The molecule has 1 heterocycles. The fourth-order valence-corrected chi connectivity index (χ4v) is 3.50. The average Bonchev–Trinajstić information content (AvgIpc) is 3.14. The summed E-state index contributed by atoms with van der Waals surface area (Å²) in [4.78, 5) is 30.6. The van der Waals surface area contributed by atoms with Gasteiger partial charge in [0.1, 0.15) is 5.75 Å². The van der Waals surface area contributed by atoms with Crippen LogP contribution in [0, 0.1) is 0 Å². The van der Waals surface area contributed by atoms with Gasteiger partial charge in [-0.15, -0.1) is 11.3 Å². The number of amides is 2. The summed E-state index contributed by atoms with van der Waals surface area (Å²) in [7, 11) is 3.34. The number of fused-ring (bicyclic) bond motifs is 1. The second-order valence-electron chi connectivity index (χ2n) is 6.05. The van der Waals surface area contributed by atoms with Gasteiger partial charge in [0.15, 0.2) is 5.01 Å². The second kappa shape index (κ2) is 8.64. The van der Waals surface area contributed by atoms with E-state index in [0.29, 0.717) is 35.8 Å². The number of carbonyl (C=O) groups excluding carboxylic acids is 2. The average molecular weight is 383 g/mol. The minimum atomic E-state index is -0.180. The number of nitrogens with one attached hydrogen (secondary N) is 1. The third-order valence-electron chi connectivity index (χ3n) is 4.13. The number of ether oxygens (including phenoxy) is 1. The maximum Gasteiger partial charge on any atom is 0.280 e. The van der Waals surface area contributed by atoms with E-state index in [1.54, 1.807) is 43.3 Å². The molecule has 27 heavy (non-hydrogen) atoms. The molecule has 6 nitrogen and oxygen atoms in total. The SMILES string of the molecule is COc1ccc(C(=O)N(C)CCCNC(=O)c2nc3ccccc3s2)cc1. The molecule has 0 atom stereocenters. The molecule has 0 saturated heterocycles. The predicted molar refractivity (Wildman–Crippen MR) is 107 cm³/mol. The smallest absolute Gasteiger partial charge is 0.280 e. The molecule has 0 spiro atoms. The molecule has 0 unspecified atom stereocenters. The van der Waals surface area contributed by atoms with Crippen LogP contribution < -0.4 is 10.1 Å². The van der Waals surface area contributed by atoms with E-state index in [4.69, 9.17) is 4.74 Å². The van der Waals surface area contributed by atoms with Gasteiger partial charge in [0, 0.05) is 25.7 Å². The standard InChI is InChI=1S/C20H21N3O3S/c1-23(20(25)14-8-10-15(26-2)11-9-14)13-5-12-21-18(24)19-22-16-6-3-4-7-17(16)27-19/h3-4,6-11H,5,12-13H2,1-2H3,(H,21,24). The summed E-state index contributed by atoms with van der Waals surface area (Å²) < 4.78 is 6.09. The molecule has 0 aliphatic carbocycles. The Morgan fingerprint density at radius 3 is 2.59 bits per heavy atom. The molecular formula is C20H21N3O3S. The first kappa shape index (κ1) is 18.8. The Balaban J connectivity index is 1.45. The van der Waals surface area contributed by atoms with Crippen molar-refractivity contribution < 1.29 is 14.3 Å². The lowest BCUT2D eigenvalue weighted by Crippen LogP contribution is -2.31. The van der Waals surface area contributed by atoms with Crippen molar-refractivity contribution in [2.24, 2.45) is 0 Å². The third-order valence-corrected chi connectivity index (χ3v) is 5.16. The number of thiazole rings is 1. The van der Waals surface area contributed by atoms with Crippen LogP contribution in [-0.2, 0) is 0 Å². The minimum Gasteiger partial charge on any atom is -0.497 e. The fraction of sp³-hybridized carbons (Fsp3) is 0.250. The van der Waals surface area contributed by atoms with Gasteiger partial charge in [0.25, 0.3) is 11.8 Å². The van der Waals surface area contributed by atoms with Crippen molar-refractivity contribution in [3.63, 3.8) is 0 Å². The van der Waals surface area contributed by atoms with Gasteiger partial charge in [-0.1, -0.05) is 12.1 Å². The molecule has 2 aromatic carbocycles. The Morgan fingerprint density at radius 2 is 1.89 bits per heavy atom.